The van der Waals surface area contributed by atoms with Crippen LogP contribution in [0.2, 0.25) is 0 Å². The number of aromatic nitrogens is 3. The number of carbonyl (C=O) groups excluding carboxylic acids is 1. The van der Waals surface area contributed by atoms with Crippen LogP contribution in [0.4, 0.5) is 0 Å². The minimum Gasteiger partial charge on any atom is -0.460 e. The lowest BCUT2D eigenvalue weighted by Crippen LogP contribution is -2.16. The van der Waals surface area contributed by atoms with Gasteiger partial charge in [0.15, 0.2) is 5.82 Å². The monoisotopic (exact) mass is 301 g/mol. The Morgan fingerprint density at radius 2 is 1.82 bits per heavy atom. The van der Waals surface area contributed by atoms with Gasteiger partial charge in [0.1, 0.15) is 0 Å². The molecule has 2 aromatic rings. The van der Waals surface area contributed by atoms with Gasteiger partial charge in [-0.05, 0) is 26.7 Å². The molecule has 0 spiro atoms. The molecule has 118 valence electrons. The third-order valence-corrected chi connectivity index (χ3v) is 3.06. The van der Waals surface area contributed by atoms with Crippen molar-refractivity contribution >= 4 is 5.91 Å². The third kappa shape index (κ3) is 3.93. The standard InChI is InChI=1S/C17H23N3O2/c1-11(2)10-15(21)20-16(14-8-6-13(5)7-9-14)18-17(19-20)22-12(3)4/h6-9,11-12H,10H2,1-5H3. The highest BCUT2D eigenvalue weighted by atomic mass is 16.5. The summed E-state index contributed by atoms with van der Waals surface area (Å²) >= 11 is 0. The Bertz CT molecular complexity index is 642. The molecule has 0 aliphatic rings. The molecule has 0 amide bonds. The average Bonchev–Trinajstić information content (AvgIpc) is 2.82. The largest absolute Gasteiger partial charge is 0.460 e. The molecule has 5 nitrogen and oxygen atoms in total. The summed E-state index contributed by atoms with van der Waals surface area (Å²) < 4.78 is 6.90. The number of benzene rings is 1. The van der Waals surface area contributed by atoms with Gasteiger partial charge in [0.25, 0.3) is 0 Å². The Labute approximate surface area is 131 Å². The maximum atomic E-state index is 12.4. The maximum absolute atomic E-state index is 12.4. The van der Waals surface area contributed by atoms with Crippen molar-refractivity contribution in [1.82, 2.24) is 14.8 Å². The molecule has 0 radical (unpaired) electrons. The number of hydrogen-bond acceptors (Lipinski definition) is 4. The molecular formula is C17H23N3O2. The van der Waals surface area contributed by atoms with E-state index in [4.69, 9.17) is 4.74 Å². The maximum Gasteiger partial charge on any atom is 0.336 e. The van der Waals surface area contributed by atoms with E-state index >= 15 is 0 Å². The Morgan fingerprint density at radius 1 is 1.18 bits per heavy atom. The highest BCUT2D eigenvalue weighted by molar-refractivity contribution is 5.82. The SMILES string of the molecule is Cc1ccc(-c2nc(OC(C)C)nn2C(=O)CC(C)C)cc1. The molecule has 0 aliphatic carbocycles. The molecular weight excluding hydrogens is 278 g/mol. The first kappa shape index (κ1) is 16.2. The minimum atomic E-state index is -0.0725. The van der Waals surface area contributed by atoms with Crippen molar-refractivity contribution in [2.75, 3.05) is 0 Å². The van der Waals surface area contributed by atoms with Crippen LogP contribution in [-0.2, 0) is 0 Å². The van der Waals surface area contributed by atoms with E-state index in [-0.39, 0.29) is 23.9 Å². The van der Waals surface area contributed by atoms with Crippen molar-refractivity contribution < 1.29 is 9.53 Å². The Kier molecular flexibility index (Phi) is 4.96. The van der Waals surface area contributed by atoms with E-state index in [0.717, 1.165) is 11.1 Å². The van der Waals surface area contributed by atoms with E-state index < -0.39 is 0 Å². The van der Waals surface area contributed by atoms with Crippen LogP contribution < -0.4 is 4.74 Å². The first-order valence-electron chi connectivity index (χ1n) is 7.60. The van der Waals surface area contributed by atoms with Crippen LogP contribution in [-0.4, -0.2) is 26.8 Å². The van der Waals surface area contributed by atoms with Gasteiger partial charge in [0.2, 0.25) is 5.91 Å². The zero-order valence-electron chi connectivity index (χ0n) is 13.8. The quantitative estimate of drug-likeness (QED) is 0.844. The van der Waals surface area contributed by atoms with Gasteiger partial charge in [-0.1, -0.05) is 43.7 Å². The highest BCUT2D eigenvalue weighted by Gasteiger charge is 2.19. The summed E-state index contributed by atoms with van der Waals surface area (Å²) in [5.41, 5.74) is 2.01. The first-order chi connectivity index (χ1) is 10.4. The molecule has 22 heavy (non-hydrogen) atoms. The van der Waals surface area contributed by atoms with Crippen molar-refractivity contribution in [2.24, 2.45) is 5.92 Å². The Balaban J connectivity index is 2.42. The summed E-state index contributed by atoms with van der Waals surface area (Å²) in [6, 6.07) is 8.10. The van der Waals surface area contributed by atoms with Crippen LogP contribution in [0.15, 0.2) is 24.3 Å². The molecule has 0 aliphatic heterocycles. The van der Waals surface area contributed by atoms with Gasteiger partial charge in [0.05, 0.1) is 6.10 Å². The van der Waals surface area contributed by atoms with Crippen LogP contribution >= 0.6 is 0 Å². The van der Waals surface area contributed by atoms with Gasteiger partial charge >= 0.3 is 6.01 Å². The number of nitrogens with zero attached hydrogens (tertiary/aromatic N) is 3. The zero-order valence-corrected chi connectivity index (χ0v) is 13.8. The van der Waals surface area contributed by atoms with Crippen LogP contribution in [0.3, 0.4) is 0 Å². The van der Waals surface area contributed by atoms with Crippen molar-refractivity contribution in [3.63, 3.8) is 0 Å². The van der Waals surface area contributed by atoms with E-state index in [1.807, 2.05) is 58.9 Å². The van der Waals surface area contributed by atoms with E-state index in [1.165, 1.54) is 4.68 Å². The van der Waals surface area contributed by atoms with Gasteiger partial charge in [-0.2, -0.15) is 9.67 Å². The third-order valence-electron chi connectivity index (χ3n) is 3.06. The number of ether oxygens (including phenoxy) is 1. The van der Waals surface area contributed by atoms with Gasteiger partial charge in [-0.25, -0.2) is 0 Å². The predicted molar refractivity (Wildman–Crippen MR) is 86.0 cm³/mol. The number of aryl methyl sites for hydroxylation is 1. The molecule has 0 fully saturated rings. The van der Waals surface area contributed by atoms with E-state index in [9.17, 15) is 4.79 Å². The fourth-order valence-electron chi connectivity index (χ4n) is 2.05. The molecule has 2 rings (SSSR count). The summed E-state index contributed by atoms with van der Waals surface area (Å²) in [7, 11) is 0. The fourth-order valence-corrected chi connectivity index (χ4v) is 2.05. The van der Waals surface area contributed by atoms with Crippen LogP contribution in [0.5, 0.6) is 6.01 Å². The number of hydrogen-bond donors (Lipinski definition) is 0. The lowest BCUT2D eigenvalue weighted by Gasteiger charge is -2.06. The molecule has 1 aromatic carbocycles. The molecule has 0 saturated carbocycles. The summed E-state index contributed by atoms with van der Waals surface area (Å²) in [4.78, 5) is 16.8. The molecule has 0 N–H and O–H groups in total. The van der Waals surface area contributed by atoms with Crippen molar-refractivity contribution in [3.05, 3.63) is 29.8 Å². The van der Waals surface area contributed by atoms with Gasteiger partial charge < -0.3 is 4.74 Å². The van der Waals surface area contributed by atoms with Crippen molar-refractivity contribution in [1.29, 1.82) is 0 Å². The first-order valence-corrected chi connectivity index (χ1v) is 7.60. The summed E-state index contributed by atoms with van der Waals surface area (Å²) in [5.74, 6) is 0.718. The van der Waals surface area contributed by atoms with E-state index in [1.54, 1.807) is 0 Å². The van der Waals surface area contributed by atoms with Crippen molar-refractivity contribution in [2.45, 2.75) is 47.1 Å². The molecule has 1 heterocycles. The topological polar surface area (TPSA) is 57.0 Å². The second kappa shape index (κ2) is 6.73. The molecule has 0 unspecified atom stereocenters. The summed E-state index contributed by atoms with van der Waals surface area (Å²) in [6.45, 7) is 9.84. The van der Waals surface area contributed by atoms with Crippen LogP contribution in [0.1, 0.15) is 44.5 Å². The number of carbonyl (C=O) groups is 1. The summed E-state index contributed by atoms with van der Waals surface area (Å²) in [6.07, 6.45) is 0.380. The zero-order chi connectivity index (χ0) is 16.3. The average molecular weight is 301 g/mol. The smallest absolute Gasteiger partial charge is 0.336 e. The highest BCUT2D eigenvalue weighted by Crippen LogP contribution is 2.22. The minimum absolute atomic E-state index is 0.0399. The molecule has 1 aromatic heterocycles. The lowest BCUT2D eigenvalue weighted by molar-refractivity contribution is 0.0869. The summed E-state index contributed by atoms with van der Waals surface area (Å²) in [5, 5.41) is 4.24. The molecule has 0 bridgehead atoms. The molecule has 0 atom stereocenters. The molecule has 0 saturated heterocycles. The van der Waals surface area contributed by atoms with E-state index in [2.05, 4.69) is 10.1 Å². The predicted octanol–water partition coefficient (Wildman–Crippen LogP) is 3.73. The van der Waals surface area contributed by atoms with Crippen LogP contribution in [0.25, 0.3) is 11.4 Å². The van der Waals surface area contributed by atoms with Crippen LogP contribution in [0, 0.1) is 12.8 Å². The van der Waals surface area contributed by atoms with Gasteiger partial charge in [-0.15, -0.1) is 5.10 Å². The second-order valence-electron chi connectivity index (χ2n) is 6.15. The van der Waals surface area contributed by atoms with Crippen molar-refractivity contribution in [3.8, 4) is 17.4 Å². The van der Waals surface area contributed by atoms with E-state index in [0.29, 0.717) is 12.2 Å². The second-order valence-corrected chi connectivity index (χ2v) is 6.15. The Hall–Kier alpha value is -2.17. The molecule has 5 heteroatoms. The van der Waals surface area contributed by atoms with Gasteiger partial charge in [-0.3, -0.25) is 4.79 Å². The fraction of sp³-hybridized carbons (Fsp3) is 0.471. The number of rotatable bonds is 5. The normalized spacial score (nSPS) is 11.2. The van der Waals surface area contributed by atoms with Gasteiger partial charge in [0, 0.05) is 12.0 Å². The Morgan fingerprint density at radius 3 is 2.36 bits per heavy atom. The lowest BCUT2D eigenvalue weighted by atomic mass is 10.1.